The van der Waals surface area contributed by atoms with Crippen molar-refractivity contribution in [3.05, 3.63) is 124 Å². The molecule has 9 rings (SSSR count). The smallest absolute Gasteiger partial charge is 0.134 e. The number of hydrogen-bond donors (Lipinski definition) is 0. The predicted molar refractivity (Wildman–Crippen MR) is 178 cm³/mol. The quantitative estimate of drug-likeness (QED) is 0.212. The van der Waals surface area contributed by atoms with Gasteiger partial charge in [0.1, 0.15) is 11.3 Å². The number of thiophene rings is 1. The Bertz CT molecular complexity index is 2080. The number of rotatable bonds is 2. The van der Waals surface area contributed by atoms with E-state index in [1.165, 1.54) is 59.6 Å². The van der Waals surface area contributed by atoms with Gasteiger partial charge in [-0.25, -0.2) is 0 Å². The van der Waals surface area contributed by atoms with E-state index in [9.17, 15) is 0 Å². The highest BCUT2D eigenvalue weighted by Crippen LogP contribution is 2.63. The molecule has 0 saturated heterocycles. The van der Waals surface area contributed by atoms with Crippen molar-refractivity contribution in [3.63, 3.8) is 0 Å². The minimum absolute atomic E-state index is 0.0693. The average Bonchev–Trinajstić information content (AvgIpc) is 3.64. The van der Waals surface area contributed by atoms with Crippen molar-refractivity contribution in [2.45, 2.75) is 46.1 Å². The van der Waals surface area contributed by atoms with Gasteiger partial charge in [0.15, 0.2) is 0 Å². The molecule has 3 aromatic carbocycles. The van der Waals surface area contributed by atoms with Gasteiger partial charge < -0.3 is 9.32 Å². The monoisotopic (exact) mass is 563 g/mol. The minimum Gasteiger partial charge on any atom is -0.460 e. The number of allylic oxidation sites excluding steroid dienone is 3. The second-order valence-electron chi connectivity index (χ2n) is 12.7. The molecule has 5 aromatic rings. The molecule has 206 valence electrons. The van der Waals surface area contributed by atoms with Gasteiger partial charge in [-0.15, -0.1) is 11.3 Å². The molecule has 3 unspecified atom stereocenters. The Labute approximate surface area is 251 Å². The van der Waals surface area contributed by atoms with Crippen LogP contribution in [-0.2, 0) is 6.42 Å². The molecule has 3 atom stereocenters. The molecule has 4 aliphatic rings. The number of fused-ring (bicyclic) bond motifs is 9. The number of nitrogens with zero attached hydrogens (tertiary/aromatic N) is 1. The van der Waals surface area contributed by atoms with Crippen LogP contribution >= 0.6 is 11.3 Å². The second-order valence-corrected chi connectivity index (χ2v) is 13.8. The summed E-state index contributed by atoms with van der Waals surface area (Å²) in [6.45, 7) is 7.12. The summed E-state index contributed by atoms with van der Waals surface area (Å²) in [6.07, 6.45) is 17.4. The van der Waals surface area contributed by atoms with Gasteiger partial charge in [-0.3, -0.25) is 0 Å². The number of benzene rings is 3. The first-order valence-electron chi connectivity index (χ1n) is 15.2. The first kappa shape index (κ1) is 24.5. The van der Waals surface area contributed by atoms with Crippen molar-refractivity contribution in [2.24, 2.45) is 11.3 Å². The minimum atomic E-state index is -0.0693. The SMILES string of the molecule is Cc1cccc(-c2ccc3oc4c(c3c2)C=CCC4)c1N1C2=C(CC(C)C=C2)C2(C)C=Cc3c(sc4ccccc34)C12. The lowest BCUT2D eigenvalue weighted by Crippen LogP contribution is -2.33. The van der Waals surface area contributed by atoms with Gasteiger partial charge in [-0.1, -0.05) is 79.8 Å². The Balaban J connectivity index is 1.30. The van der Waals surface area contributed by atoms with Crippen molar-refractivity contribution in [1.82, 2.24) is 0 Å². The third-order valence-electron chi connectivity index (χ3n) is 10.1. The number of anilines is 1. The van der Waals surface area contributed by atoms with E-state index < -0.39 is 0 Å². The van der Waals surface area contributed by atoms with E-state index in [-0.39, 0.29) is 11.5 Å². The van der Waals surface area contributed by atoms with Crippen LogP contribution in [0.1, 0.15) is 60.1 Å². The summed E-state index contributed by atoms with van der Waals surface area (Å²) >= 11 is 1.98. The summed E-state index contributed by atoms with van der Waals surface area (Å²) in [4.78, 5) is 4.20. The molecule has 1 aliphatic heterocycles. The molecule has 0 N–H and O–H groups in total. The fourth-order valence-electron chi connectivity index (χ4n) is 8.02. The van der Waals surface area contributed by atoms with E-state index in [0.29, 0.717) is 5.92 Å². The van der Waals surface area contributed by atoms with E-state index in [2.05, 4.69) is 123 Å². The molecule has 0 fully saturated rings. The van der Waals surface area contributed by atoms with Crippen LogP contribution in [0.5, 0.6) is 0 Å². The lowest BCUT2D eigenvalue weighted by molar-refractivity contribution is 0.416. The molecule has 0 bridgehead atoms. The van der Waals surface area contributed by atoms with E-state index in [0.717, 1.165) is 30.6 Å². The summed E-state index contributed by atoms with van der Waals surface area (Å²) in [7, 11) is 0. The summed E-state index contributed by atoms with van der Waals surface area (Å²) in [5, 5.41) is 2.59. The number of furan rings is 1. The van der Waals surface area contributed by atoms with Crippen LogP contribution < -0.4 is 4.90 Å². The van der Waals surface area contributed by atoms with Gasteiger partial charge in [0.2, 0.25) is 0 Å². The van der Waals surface area contributed by atoms with Crippen LogP contribution in [0.4, 0.5) is 5.69 Å². The average molecular weight is 564 g/mol. The van der Waals surface area contributed by atoms with Gasteiger partial charge >= 0.3 is 0 Å². The van der Waals surface area contributed by atoms with Gasteiger partial charge in [0.25, 0.3) is 0 Å². The molecule has 42 heavy (non-hydrogen) atoms. The fourth-order valence-corrected chi connectivity index (χ4v) is 9.44. The van der Waals surface area contributed by atoms with Crippen molar-refractivity contribution in [3.8, 4) is 11.1 Å². The highest BCUT2D eigenvalue weighted by molar-refractivity contribution is 7.19. The topological polar surface area (TPSA) is 16.4 Å². The summed E-state index contributed by atoms with van der Waals surface area (Å²) in [5.41, 5.74) is 11.7. The van der Waals surface area contributed by atoms with Crippen LogP contribution in [0.3, 0.4) is 0 Å². The first-order chi connectivity index (χ1) is 20.5. The van der Waals surface area contributed by atoms with Crippen molar-refractivity contribution >= 4 is 50.2 Å². The Morgan fingerprint density at radius 1 is 0.952 bits per heavy atom. The Morgan fingerprint density at radius 2 is 1.86 bits per heavy atom. The summed E-state index contributed by atoms with van der Waals surface area (Å²) in [6, 6.07) is 22.8. The molecule has 0 spiro atoms. The Hall–Kier alpha value is -4.08. The van der Waals surface area contributed by atoms with Gasteiger partial charge in [-0.05, 0) is 79.1 Å². The van der Waals surface area contributed by atoms with E-state index in [1.54, 1.807) is 5.57 Å². The molecular formula is C39H33NOS. The molecule has 3 aliphatic carbocycles. The van der Waals surface area contributed by atoms with Crippen molar-refractivity contribution in [1.29, 1.82) is 0 Å². The third kappa shape index (κ3) is 3.26. The molecule has 3 heterocycles. The van der Waals surface area contributed by atoms with E-state index in [4.69, 9.17) is 4.42 Å². The van der Waals surface area contributed by atoms with Crippen LogP contribution in [0.2, 0.25) is 0 Å². The summed E-state index contributed by atoms with van der Waals surface area (Å²) < 4.78 is 7.66. The van der Waals surface area contributed by atoms with Crippen molar-refractivity contribution in [2.75, 3.05) is 4.90 Å². The number of aryl methyl sites for hydroxylation is 2. The second kappa shape index (κ2) is 8.72. The maximum absolute atomic E-state index is 6.28. The Kier molecular flexibility index (Phi) is 5.09. The zero-order valence-electron chi connectivity index (χ0n) is 24.3. The van der Waals surface area contributed by atoms with Crippen molar-refractivity contribution < 1.29 is 4.42 Å². The number of para-hydroxylation sites is 1. The zero-order chi connectivity index (χ0) is 28.2. The third-order valence-corrected chi connectivity index (χ3v) is 11.3. The van der Waals surface area contributed by atoms with Crippen LogP contribution in [0.25, 0.3) is 44.3 Å². The largest absolute Gasteiger partial charge is 0.460 e. The van der Waals surface area contributed by atoms with Gasteiger partial charge in [0.05, 0.1) is 11.7 Å². The van der Waals surface area contributed by atoms with Crippen LogP contribution in [-0.4, -0.2) is 0 Å². The molecule has 0 radical (unpaired) electrons. The predicted octanol–water partition coefficient (Wildman–Crippen LogP) is 11.0. The normalized spacial score (nSPS) is 23.9. The first-order valence-corrected chi connectivity index (χ1v) is 16.1. The van der Waals surface area contributed by atoms with E-state index in [1.807, 2.05) is 11.3 Å². The molecule has 3 heteroatoms. The highest BCUT2D eigenvalue weighted by atomic mass is 32.1. The molecule has 2 aromatic heterocycles. The lowest BCUT2D eigenvalue weighted by atomic mass is 9.70. The Morgan fingerprint density at radius 3 is 2.79 bits per heavy atom. The van der Waals surface area contributed by atoms with Crippen LogP contribution in [0, 0.1) is 18.3 Å². The summed E-state index contributed by atoms with van der Waals surface area (Å²) in [5.74, 6) is 1.66. The van der Waals surface area contributed by atoms with Crippen LogP contribution in [0.15, 0.2) is 101 Å². The van der Waals surface area contributed by atoms with Gasteiger partial charge in [0, 0.05) is 49.0 Å². The molecular weight excluding hydrogens is 531 g/mol. The number of hydrogen-bond acceptors (Lipinski definition) is 3. The molecule has 2 nitrogen and oxygen atoms in total. The molecule has 0 saturated carbocycles. The zero-order valence-corrected chi connectivity index (χ0v) is 25.1. The molecule has 0 amide bonds. The lowest BCUT2D eigenvalue weighted by Gasteiger charge is -2.40. The maximum atomic E-state index is 6.28. The highest BCUT2D eigenvalue weighted by Gasteiger charge is 2.52. The standard InChI is InChI=1S/C39H33NOS/c1-23-15-17-32-31(21-23)39(3)20-19-29-28-11-5-7-14-35(28)42-37(29)38(39)40(32)36-24(2)9-8-12-26(36)25-16-18-34-30(22-25)27-10-4-6-13-33(27)41-34/h4-5,7-12,14-20,22-23,38H,6,13,21H2,1-3H3. The fraction of sp³-hybridized carbons (Fsp3) is 0.231. The van der Waals surface area contributed by atoms with E-state index >= 15 is 0 Å². The maximum Gasteiger partial charge on any atom is 0.134 e. The van der Waals surface area contributed by atoms with Gasteiger partial charge in [-0.2, -0.15) is 0 Å².